The van der Waals surface area contributed by atoms with Crippen molar-refractivity contribution >= 4 is 44.5 Å². The average molecular weight is 347 g/mol. The predicted octanol–water partition coefficient (Wildman–Crippen LogP) is 2.85. The van der Waals surface area contributed by atoms with E-state index in [1.807, 2.05) is 36.9 Å². The molecule has 0 saturated carbocycles. The van der Waals surface area contributed by atoms with E-state index in [1.54, 1.807) is 0 Å². The molecule has 1 heterocycles. The van der Waals surface area contributed by atoms with Crippen LogP contribution in [0.4, 0.5) is 5.69 Å². The Kier molecular flexibility index (Phi) is 5.11. The van der Waals surface area contributed by atoms with E-state index >= 15 is 0 Å². The average Bonchev–Trinajstić information content (AvgIpc) is 2.75. The van der Waals surface area contributed by atoms with Gasteiger partial charge in [-0.05, 0) is 50.2 Å². The number of rotatable bonds is 3. The molecule has 0 aliphatic carbocycles. The topological polar surface area (TPSA) is 49.4 Å². The van der Waals surface area contributed by atoms with Gasteiger partial charge in [0.15, 0.2) is 14.9 Å². The first kappa shape index (κ1) is 16.5. The summed E-state index contributed by atoms with van der Waals surface area (Å²) in [5, 5.41) is 4.36. The highest BCUT2D eigenvalue weighted by atomic mass is 35.5. The molecule has 0 radical (unpaired) electrons. The standard InChI is InChI=1S/C14H19ClN2O2S2/c1-3-17(12-6-7-21(18,19)9-12)14(20)16-11-5-4-10(2)13(15)8-11/h4-5,8,12H,3,6-7,9H2,1-2H3,(H,16,20)/t12-/m1/s1. The number of nitrogens with zero attached hydrogens (tertiary/aromatic N) is 1. The van der Waals surface area contributed by atoms with Crippen molar-refractivity contribution in [2.24, 2.45) is 0 Å². The van der Waals surface area contributed by atoms with E-state index in [0.717, 1.165) is 11.3 Å². The van der Waals surface area contributed by atoms with Crippen molar-refractivity contribution in [1.29, 1.82) is 0 Å². The van der Waals surface area contributed by atoms with Crippen molar-refractivity contribution in [2.75, 3.05) is 23.4 Å². The van der Waals surface area contributed by atoms with Crippen molar-refractivity contribution < 1.29 is 8.42 Å². The molecule has 0 bridgehead atoms. The quantitative estimate of drug-likeness (QED) is 0.853. The molecule has 0 spiro atoms. The minimum absolute atomic E-state index is 0.0408. The molecule has 0 unspecified atom stereocenters. The van der Waals surface area contributed by atoms with Gasteiger partial charge in [0, 0.05) is 23.3 Å². The number of hydrogen-bond acceptors (Lipinski definition) is 3. The maximum Gasteiger partial charge on any atom is 0.173 e. The van der Waals surface area contributed by atoms with Gasteiger partial charge in [0.25, 0.3) is 0 Å². The minimum Gasteiger partial charge on any atom is -0.345 e. The van der Waals surface area contributed by atoms with Crippen molar-refractivity contribution in [3.05, 3.63) is 28.8 Å². The summed E-state index contributed by atoms with van der Waals surface area (Å²) in [5.41, 5.74) is 1.82. The number of hydrogen-bond donors (Lipinski definition) is 1. The lowest BCUT2D eigenvalue weighted by atomic mass is 10.2. The van der Waals surface area contributed by atoms with Crippen LogP contribution in [-0.2, 0) is 9.84 Å². The lowest BCUT2D eigenvalue weighted by Crippen LogP contribution is -2.43. The molecule has 1 aliphatic heterocycles. The Labute approximate surface area is 136 Å². The molecule has 4 nitrogen and oxygen atoms in total. The zero-order valence-corrected chi connectivity index (χ0v) is 14.5. The summed E-state index contributed by atoms with van der Waals surface area (Å²) in [6.07, 6.45) is 0.632. The van der Waals surface area contributed by atoms with Crippen LogP contribution >= 0.6 is 23.8 Å². The van der Waals surface area contributed by atoms with Gasteiger partial charge in [-0.2, -0.15) is 0 Å². The van der Waals surface area contributed by atoms with Crippen LogP contribution in [0.3, 0.4) is 0 Å². The Hall–Kier alpha value is -0.850. The van der Waals surface area contributed by atoms with Gasteiger partial charge in [-0.15, -0.1) is 0 Å². The summed E-state index contributed by atoms with van der Waals surface area (Å²) in [4.78, 5) is 1.94. The van der Waals surface area contributed by atoms with Crippen LogP contribution in [0.2, 0.25) is 5.02 Å². The third kappa shape index (κ3) is 4.08. The molecular weight excluding hydrogens is 328 g/mol. The van der Waals surface area contributed by atoms with Gasteiger partial charge in [0.05, 0.1) is 11.5 Å². The maximum absolute atomic E-state index is 11.6. The van der Waals surface area contributed by atoms with Crippen LogP contribution in [0, 0.1) is 6.92 Å². The van der Waals surface area contributed by atoms with E-state index in [0.29, 0.717) is 23.1 Å². The number of halogens is 1. The Morgan fingerprint density at radius 1 is 1.52 bits per heavy atom. The van der Waals surface area contributed by atoms with E-state index in [1.165, 1.54) is 0 Å². The lowest BCUT2D eigenvalue weighted by Gasteiger charge is -2.29. The van der Waals surface area contributed by atoms with Gasteiger partial charge >= 0.3 is 0 Å². The highest BCUT2D eigenvalue weighted by Crippen LogP contribution is 2.22. The second-order valence-corrected chi connectivity index (χ2v) is 8.26. The minimum atomic E-state index is -2.92. The summed E-state index contributed by atoms with van der Waals surface area (Å²) in [5.74, 6) is 0.421. The fraction of sp³-hybridized carbons (Fsp3) is 0.500. The molecule has 1 aromatic carbocycles. The number of anilines is 1. The van der Waals surface area contributed by atoms with Gasteiger partial charge in [0.1, 0.15) is 0 Å². The second kappa shape index (κ2) is 6.50. The van der Waals surface area contributed by atoms with Crippen molar-refractivity contribution in [1.82, 2.24) is 4.90 Å². The molecule has 1 fully saturated rings. The Bertz CT molecular complexity index is 646. The molecule has 7 heteroatoms. The Morgan fingerprint density at radius 2 is 2.24 bits per heavy atom. The van der Waals surface area contributed by atoms with Crippen LogP contribution in [0.25, 0.3) is 0 Å². The number of nitrogens with one attached hydrogen (secondary N) is 1. The molecule has 1 atom stereocenters. The SMILES string of the molecule is CCN(C(=S)Nc1ccc(C)c(Cl)c1)[C@@H]1CCS(=O)(=O)C1. The van der Waals surface area contributed by atoms with Gasteiger partial charge in [0.2, 0.25) is 0 Å². The van der Waals surface area contributed by atoms with Crippen LogP contribution < -0.4 is 5.32 Å². The molecule has 1 N–H and O–H groups in total. The third-order valence-corrected chi connectivity index (χ3v) is 6.17. The van der Waals surface area contributed by atoms with E-state index in [9.17, 15) is 8.42 Å². The van der Waals surface area contributed by atoms with Crippen LogP contribution in [0.1, 0.15) is 18.9 Å². The summed E-state index contributed by atoms with van der Waals surface area (Å²) in [6.45, 7) is 4.58. The first-order chi connectivity index (χ1) is 9.82. The number of benzene rings is 1. The lowest BCUT2D eigenvalue weighted by molar-refractivity contribution is 0.355. The fourth-order valence-electron chi connectivity index (χ4n) is 2.45. The molecular formula is C14H19ClN2O2S2. The monoisotopic (exact) mass is 346 g/mol. The van der Waals surface area contributed by atoms with Gasteiger partial charge in [-0.1, -0.05) is 17.7 Å². The maximum atomic E-state index is 11.6. The normalized spacial score (nSPS) is 20.2. The third-order valence-electron chi connectivity index (χ3n) is 3.67. The van der Waals surface area contributed by atoms with Crippen LogP contribution in [0.5, 0.6) is 0 Å². The summed E-state index contributed by atoms with van der Waals surface area (Å²) < 4.78 is 23.2. The highest BCUT2D eigenvalue weighted by Gasteiger charge is 2.32. The fourth-order valence-corrected chi connectivity index (χ4v) is 4.76. The van der Waals surface area contributed by atoms with Crippen LogP contribution in [-0.4, -0.2) is 42.5 Å². The van der Waals surface area contributed by atoms with Gasteiger partial charge in [-0.3, -0.25) is 0 Å². The molecule has 0 amide bonds. The first-order valence-corrected chi connectivity index (χ1v) is 9.47. The largest absolute Gasteiger partial charge is 0.345 e. The number of thiocarbonyl (C=S) groups is 1. The van der Waals surface area contributed by atoms with Crippen molar-refractivity contribution in [2.45, 2.75) is 26.3 Å². The van der Waals surface area contributed by atoms with E-state index in [-0.39, 0.29) is 17.5 Å². The van der Waals surface area contributed by atoms with Gasteiger partial charge < -0.3 is 10.2 Å². The smallest absolute Gasteiger partial charge is 0.173 e. The number of sulfone groups is 1. The highest BCUT2D eigenvalue weighted by molar-refractivity contribution is 7.91. The molecule has 0 aromatic heterocycles. The Balaban J connectivity index is 2.08. The second-order valence-electron chi connectivity index (χ2n) is 5.24. The zero-order chi connectivity index (χ0) is 15.6. The molecule has 1 aliphatic rings. The summed E-state index contributed by atoms with van der Waals surface area (Å²) in [7, 11) is -2.92. The predicted molar refractivity (Wildman–Crippen MR) is 91.8 cm³/mol. The summed E-state index contributed by atoms with van der Waals surface area (Å²) in [6, 6.07) is 5.61. The van der Waals surface area contributed by atoms with Gasteiger partial charge in [-0.25, -0.2) is 8.42 Å². The molecule has 21 heavy (non-hydrogen) atoms. The van der Waals surface area contributed by atoms with E-state index in [2.05, 4.69) is 5.32 Å². The van der Waals surface area contributed by atoms with Crippen molar-refractivity contribution in [3.63, 3.8) is 0 Å². The molecule has 116 valence electrons. The number of aryl methyl sites for hydroxylation is 1. The molecule has 1 aromatic rings. The molecule has 2 rings (SSSR count). The van der Waals surface area contributed by atoms with E-state index in [4.69, 9.17) is 23.8 Å². The Morgan fingerprint density at radius 3 is 2.76 bits per heavy atom. The van der Waals surface area contributed by atoms with Crippen LogP contribution in [0.15, 0.2) is 18.2 Å². The molecule has 1 saturated heterocycles. The zero-order valence-electron chi connectivity index (χ0n) is 12.1. The van der Waals surface area contributed by atoms with Crippen molar-refractivity contribution in [3.8, 4) is 0 Å². The first-order valence-electron chi connectivity index (χ1n) is 6.86. The summed E-state index contributed by atoms with van der Waals surface area (Å²) >= 11 is 11.5. The van der Waals surface area contributed by atoms with E-state index < -0.39 is 9.84 Å².